The number of methoxy groups -OCH3 is 1. The van der Waals surface area contributed by atoms with Gasteiger partial charge in [0.05, 0.1) is 18.9 Å². The highest BCUT2D eigenvalue weighted by Crippen LogP contribution is 2.37. The molecule has 2 aromatic rings. The monoisotopic (exact) mass is 300 g/mol. The molecule has 0 fully saturated rings. The number of para-hydroxylation sites is 1. The standard InChI is InChI=1S/C16H16N2O2S/c1-11(19)18-15(13-5-3-4-6-16(13)20-2)9-14(17-18)12-7-8-21-10-12/h3-8,10,15H,9H2,1-2H3/t15-/m1/s1. The van der Waals surface area contributed by atoms with Crippen LogP contribution in [0.15, 0.2) is 46.2 Å². The molecular formula is C16H16N2O2S. The zero-order valence-corrected chi connectivity index (χ0v) is 12.8. The molecule has 5 heteroatoms. The molecule has 0 bridgehead atoms. The molecular weight excluding hydrogens is 284 g/mol. The number of carbonyl (C=O) groups excluding carboxylic acids is 1. The number of nitrogens with zero attached hydrogens (tertiary/aromatic N) is 2. The molecule has 1 aliphatic rings. The minimum atomic E-state index is -0.103. The Hall–Kier alpha value is -2.14. The van der Waals surface area contributed by atoms with Gasteiger partial charge in [0.1, 0.15) is 5.75 Å². The van der Waals surface area contributed by atoms with Gasteiger partial charge in [0.2, 0.25) is 5.91 Å². The molecule has 1 aromatic heterocycles. The van der Waals surface area contributed by atoms with E-state index >= 15 is 0 Å². The minimum Gasteiger partial charge on any atom is -0.496 e. The predicted octanol–water partition coefficient (Wildman–Crippen LogP) is 3.45. The van der Waals surface area contributed by atoms with Gasteiger partial charge in [-0.05, 0) is 22.9 Å². The van der Waals surface area contributed by atoms with E-state index in [1.807, 2.05) is 35.7 Å². The van der Waals surface area contributed by atoms with E-state index in [-0.39, 0.29) is 11.9 Å². The molecule has 0 radical (unpaired) electrons. The Bertz CT molecular complexity index is 679. The van der Waals surface area contributed by atoms with Crippen LogP contribution >= 0.6 is 11.3 Å². The van der Waals surface area contributed by atoms with Gasteiger partial charge in [-0.3, -0.25) is 4.79 Å². The van der Waals surface area contributed by atoms with Gasteiger partial charge in [-0.25, -0.2) is 5.01 Å². The fourth-order valence-electron chi connectivity index (χ4n) is 2.59. The maximum atomic E-state index is 11.9. The van der Waals surface area contributed by atoms with Crippen LogP contribution in [0, 0.1) is 0 Å². The maximum absolute atomic E-state index is 11.9. The smallest absolute Gasteiger partial charge is 0.240 e. The lowest BCUT2D eigenvalue weighted by Gasteiger charge is -2.22. The van der Waals surface area contributed by atoms with Gasteiger partial charge in [-0.2, -0.15) is 16.4 Å². The van der Waals surface area contributed by atoms with Crippen LogP contribution in [-0.2, 0) is 4.79 Å². The Kier molecular flexibility index (Phi) is 3.75. The summed E-state index contributed by atoms with van der Waals surface area (Å²) in [5, 5.41) is 10.2. The molecule has 0 saturated carbocycles. The van der Waals surface area contributed by atoms with E-state index in [9.17, 15) is 4.79 Å². The van der Waals surface area contributed by atoms with Gasteiger partial charge in [-0.15, -0.1) is 0 Å². The first-order chi connectivity index (χ1) is 10.2. The summed E-state index contributed by atoms with van der Waals surface area (Å²) in [6, 6.07) is 9.72. The van der Waals surface area contributed by atoms with Crippen molar-refractivity contribution in [2.45, 2.75) is 19.4 Å². The van der Waals surface area contributed by atoms with Gasteiger partial charge < -0.3 is 4.74 Å². The molecule has 1 aliphatic heterocycles. The number of benzene rings is 1. The van der Waals surface area contributed by atoms with E-state index in [1.54, 1.807) is 30.4 Å². The lowest BCUT2D eigenvalue weighted by molar-refractivity contribution is -0.130. The molecule has 0 spiro atoms. The second kappa shape index (κ2) is 5.69. The van der Waals surface area contributed by atoms with Gasteiger partial charge in [0.25, 0.3) is 0 Å². The van der Waals surface area contributed by atoms with Crippen LogP contribution in [0.25, 0.3) is 0 Å². The van der Waals surface area contributed by atoms with E-state index < -0.39 is 0 Å². The quantitative estimate of drug-likeness (QED) is 0.871. The topological polar surface area (TPSA) is 41.9 Å². The average molecular weight is 300 g/mol. The summed E-state index contributed by atoms with van der Waals surface area (Å²) in [6.07, 6.45) is 0.705. The highest BCUT2D eigenvalue weighted by Gasteiger charge is 2.33. The van der Waals surface area contributed by atoms with Crippen molar-refractivity contribution in [3.05, 3.63) is 52.2 Å². The first-order valence-corrected chi connectivity index (χ1v) is 7.67. The summed E-state index contributed by atoms with van der Waals surface area (Å²) < 4.78 is 5.42. The SMILES string of the molecule is COc1ccccc1[C@H]1CC(c2ccsc2)=NN1C(C)=O. The van der Waals surface area contributed by atoms with Crippen molar-refractivity contribution in [3.63, 3.8) is 0 Å². The average Bonchev–Trinajstić information content (AvgIpc) is 3.16. The van der Waals surface area contributed by atoms with Crippen LogP contribution in [0.1, 0.15) is 30.5 Å². The Labute approximate surface area is 127 Å². The van der Waals surface area contributed by atoms with Crippen LogP contribution in [0.2, 0.25) is 0 Å². The summed E-state index contributed by atoms with van der Waals surface area (Å²) in [4.78, 5) is 11.9. The first kappa shape index (κ1) is 13.8. The molecule has 108 valence electrons. The number of ether oxygens (including phenoxy) is 1. The molecule has 2 heterocycles. The van der Waals surface area contributed by atoms with Crippen molar-refractivity contribution >= 4 is 23.0 Å². The number of rotatable bonds is 3. The van der Waals surface area contributed by atoms with Crippen LogP contribution in [0.5, 0.6) is 5.75 Å². The molecule has 0 aliphatic carbocycles. The van der Waals surface area contributed by atoms with Crippen LogP contribution < -0.4 is 4.74 Å². The van der Waals surface area contributed by atoms with Crippen LogP contribution in [0.3, 0.4) is 0 Å². The summed E-state index contributed by atoms with van der Waals surface area (Å²) in [6.45, 7) is 1.54. The van der Waals surface area contributed by atoms with E-state index in [2.05, 4.69) is 10.5 Å². The van der Waals surface area contributed by atoms with Gasteiger partial charge in [-0.1, -0.05) is 18.2 Å². The molecule has 3 rings (SSSR count). The van der Waals surface area contributed by atoms with Crippen molar-refractivity contribution in [1.29, 1.82) is 0 Å². The largest absolute Gasteiger partial charge is 0.496 e. The summed E-state index contributed by atoms with van der Waals surface area (Å²) in [5.74, 6) is 0.728. The van der Waals surface area contributed by atoms with Crippen molar-refractivity contribution in [3.8, 4) is 5.75 Å². The molecule has 21 heavy (non-hydrogen) atoms. The third kappa shape index (κ3) is 2.56. The van der Waals surface area contributed by atoms with Crippen molar-refractivity contribution < 1.29 is 9.53 Å². The number of hydrogen-bond donors (Lipinski definition) is 0. The van der Waals surface area contributed by atoms with E-state index in [0.717, 1.165) is 22.6 Å². The zero-order valence-electron chi connectivity index (χ0n) is 11.9. The normalized spacial score (nSPS) is 17.7. The Morgan fingerprint density at radius 3 is 2.86 bits per heavy atom. The Morgan fingerprint density at radius 2 is 2.19 bits per heavy atom. The Morgan fingerprint density at radius 1 is 1.38 bits per heavy atom. The number of thiophene rings is 1. The van der Waals surface area contributed by atoms with Crippen molar-refractivity contribution in [2.24, 2.45) is 5.10 Å². The van der Waals surface area contributed by atoms with E-state index in [1.165, 1.54) is 0 Å². The minimum absolute atomic E-state index is 0.0591. The molecule has 0 N–H and O–H groups in total. The van der Waals surface area contributed by atoms with Crippen LogP contribution in [0.4, 0.5) is 0 Å². The fourth-order valence-corrected chi connectivity index (χ4v) is 3.25. The highest BCUT2D eigenvalue weighted by atomic mass is 32.1. The summed E-state index contributed by atoms with van der Waals surface area (Å²) in [5.41, 5.74) is 3.02. The molecule has 0 unspecified atom stereocenters. The van der Waals surface area contributed by atoms with Gasteiger partial charge in [0, 0.05) is 24.5 Å². The second-order valence-electron chi connectivity index (χ2n) is 4.88. The summed E-state index contributed by atoms with van der Waals surface area (Å²) in [7, 11) is 1.65. The second-order valence-corrected chi connectivity index (χ2v) is 5.66. The highest BCUT2D eigenvalue weighted by molar-refractivity contribution is 7.08. The van der Waals surface area contributed by atoms with E-state index in [4.69, 9.17) is 4.74 Å². The molecule has 1 aromatic carbocycles. The van der Waals surface area contributed by atoms with Crippen molar-refractivity contribution in [2.75, 3.05) is 7.11 Å². The third-order valence-electron chi connectivity index (χ3n) is 3.59. The third-order valence-corrected chi connectivity index (χ3v) is 4.27. The zero-order chi connectivity index (χ0) is 14.8. The van der Waals surface area contributed by atoms with Crippen molar-refractivity contribution in [1.82, 2.24) is 5.01 Å². The van der Waals surface area contributed by atoms with Gasteiger partial charge in [0.15, 0.2) is 0 Å². The lowest BCUT2D eigenvalue weighted by atomic mass is 9.99. The lowest BCUT2D eigenvalue weighted by Crippen LogP contribution is -2.24. The first-order valence-electron chi connectivity index (χ1n) is 6.73. The van der Waals surface area contributed by atoms with Gasteiger partial charge >= 0.3 is 0 Å². The summed E-state index contributed by atoms with van der Waals surface area (Å²) >= 11 is 1.63. The van der Waals surface area contributed by atoms with E-state index in [0.29, 0.717) is 6.42 Å². The molecule has 0 saturated heterocycles. The number of hydrogen-bond acceptors (Lipinski definition) is 4. The van der Waals surface area contributed by atoms with Crippen LogP contribution in [-0.4, -0.2) is 23.7 Å². The maximum Gasteiger partial charge on any atom is 0.240 e. The molecule has 1 atom stereocenters. The molecule has 1 amide bonds. The fraction of sp³-hybridized carbons (Fsp3) is 0.250. The number of carbonyl (C=O) groups is 1. The molecule has 4 nitrogen and oxygen atoms in total. The predicted molar refractivity (Wildman–Crippen MR) is 83.7 cm³/mol. The Balaban J connectivity index is 1.98. The number of hydrazone groups is 1. The number of amides is 1.